The van der Waals surface area contributed by atoms with Crippen LogP contribution in [-0.4, -0.2) is 30.1 Å². The third-order valence-electron chi connectivity index (χ3n) is 3.26. The summed E-state index contributed by atoms with van der Waals surface area (Å²) in [5, 5.41) is 2.95. The van der Waals surface area contributed by atoms with Gasteiger partial charge in [-0.2, -0.15) is 0 Å². The van der Waals surface area contributed by atoms with Gasteiger partial charge in [0.25, 0.3) is 5.91 Å². The number of ether oxygens (including phenoxy) is 1. The number of nitrogens with one attached hydrogen (secondary N) is 1. The molecule has 1 heterocycles. The average molecular weight is 212 g/mol. The molecular weight excluding hydrogens is 196 g/mol. The van der Waals surface area contributed by atoms with Gasteiger partial charge >= 0.3 is 5.97 Å². The second-order valence-electron chi connectivity index (χ2n) is 4.28. The Balaban J connectivity index is 2.00. The van der Waals surface area contributed by atoms with Gasteiger partial charge in [0.05, 0.1) is 0 Å². The topological polar surface area (TPSA) is 81.4 Å². The lowest BCUT2D eigenvalue weighted by Crippen LogP contribution is -2.54. The molecule has 0 spiro atoms. The van der Waals surface area contributed by atoms with Crippen LogP contribution in [0.15, 0.2) is 0 Å². The van der Waals surface area contributed by atoms with E-state index in [-0.39, 0.29) is 12.0 Å². The van der Waals surface area contributed by atoms with E-state index >= 15 is 0 Å². The summed E-state index contributed by atoms with van der Waals surface area (Å²) >= 11 is 0. The second kappa shape index (κ2) is 3.81. The molecule has 1 unspecified atom stereocenters. The Kier molecular flexibility index (Phi) is 2.65. The minimum absolute atomic E-state index is 0.234. The maximum atomic E-state index is 11.6. The van der Waals surface area contributed by atoms with Gasteiger partial charge in [-0.05, 0) is 38.6 Å². The number of primary amides is 1. The zero-order chi connectivity index (χ0) is 10.9. The predicted molar refractivity (Wildman–Crippen MR) is 52.9 cm³/mol. The number of nitrogens with two attached hydrogens (primary N) is 1. The van der Waals surface area contributed by atoms with Gasteiger partial charge in [0, 0.05) is 0 Å². The SMILES string of the molecule is NC(=O)C1(OC(=O)C2CCN2)CCCC1. The molecular formula is C10H16N2O3. The molecule has 1 aliphatic carbocycles. The molecule has 0 aromatic heterocycles. The van der Waals surface area contributed by atoms with Crippen molar-refractivity contribution in [2.24, 2.45) is 5.73 Å². The molecule has 3 N–H and O–H groups in total. The number of esters is 1. The van der Waals surface area contributed by atoms with Crippen molar-refractivity contribution in [3.8, 4) is 0 Å². The van der Waals surface area contributed by atoms with Crippen molar-refractivity contribution in [2.45, 2.75) is 43.7 Å². The molecule has 0 aromatic carbocycles. The molecule has 5 nitrogen and oxygen atoms in total. The molecule has 1 amide bonds. The van der Waals surface area contributed by atoms with Gasteiger partial charge in [-0.1, -0.05) is 0 Å². The van der Waals surface area contributed by atoms with Gasteiger partial charge in [0.2, 0.25) is 0 Å². The number of hydrogen-bond acceptors (Lipinski definition) is 4. The van der Waals surface area contributed by atoms with Crippen molar-refractivity contribution < 1.29 is 14.3 Å². The van der Waals surface area contributed by atoms with Crippen molar-refractivity contribution in [1.82, 2.24) is 5.32 Å². The second-order valence-corrected chi connectivity index (χ2v) is 4.28. The van der Waals surface area contributed by atoms with Gasteiger partial charge in [-0.25, -0.2) is 0 Å². The monoisotopic (exact) mass is 212 g/mol. The zero-order valence-electron chi connectivity index (χ0n) is 8.62. The van der Waals surface area contributed by atoms with Crippen molar-refractivity contribution >= 4 is 11.9 Å². The van der Waals surface area contributed by atoms with Gasteiger partial charge in [-0.3, -0.25) is 9.59 Å². The number of carbonyl (C=O) groups excluding carboxylic acids is 2. The van der Waals surface area contributed by atoms with E-state index in [1.54, 1.807) is 0 Å². The molecule has 1 saturated carbocycles. The molecule has 15 heavy (non-hydrogen) atoms. The number of amides is 1. The van der Waals surface area contributed by atoms with E-state index in [1.165, 1.54) is 0 Å². The van der Waals surface area contributed by atoms with Crippen molar-refractivity contribution in [1.29, 1.82) is 0 Å². The molecule has 2 aliphatic rings. The van der Waals surface area contributed by atoms with Crippen LogP contribution in [0.3, 0.4) is 0 Å². The highest BCUT2D eigenvalue weighted by Crippen LogP contribution is 2.33. The molecule has 5 heteroatoms. The van der Waals surface area contributed by atoms with E-state index in [1.807, 2.05) is 0 Å². The molecule has 0 radical (unpaired) electrons. The average Bonchev–Trinajstić information content (AvgIpc) is 2.50. The maximum Gasteiger partial charge on any atom is 0.324 e. The summed E-state index contributed by atoms with van der Waals surface area (Å²) < 4.78 is 5.29. The van der Waals surface area contributed by atoms with E-state index in [0.717, 1.165) is 25.8 Å². The Labute approximate surface area is 88.3 Å². The Morgan fingerprint density at radius 3 is 2.33 bits per heavy atom. The first-order valence-electron chi connectivity index (χ1n) is 5.40. The molecule has 1 saturated heterocycles. The minimum atomic E-state index is -1.02. The highest BCUT2D eigenvalue weighted by atomic mass is 16.6. The van der Waals surface area contributed by atoms with E-state index in [4.69, 9.17) is 10.5 Å². The van der Waals surface area contributed by atoms with E-state index in [2.05, 4.69) is 5.32 Å². The summed E-state index contributed by atoms with van der Waals surface area (Å²) in [6, 6.07) is -0.234. The fourth-order valence-electron chi connectivity index (χ4n) is 2.10. The minimum Gasteiger partial charge on any atom is -0.448 e. The Morgan fingerprint density at radius 2 is 1.93 bits per heavy atom. The molecule has 0 aromatic rings. The summed E-state index contributed by atoms with van der Waals surface area (Å²) in [4.78, 5) is 22.9. The van der Waals surface area contributed by atoms with Crippen LogP contribution >= 0.6 is 0 Å². The first kappa shape index (κ1) is 10.4. The summed E-state index contributed by atoms with van der Waals surface area (Å²) in [6.45, 7) is 0.837. The van der Waals surface area contributed by atoms with Crippen molar-refractivity contribution in [3.05, 3.63) is 0 Å². The zero-order valence-corrected chi connectivity index (χ0v) is 8.62. The lowest BCUT2D eigenvalue weighted by molar-refractivity contribution is -0.170. The standard InChI is InChI=1S/C10H16N2O3/c11-9(14)10(4-1-2-5-10)15-8(13)7-3-6-12-7/h7,12H,1-6H2,(H2,11,14). The maximum absolute atomic E-state index is 11.6. The smallest absolute Gasteiger partial charge is 0.324 e. The Hall–Kier alpha value is -1.10. The largest absolute Gasteiger partial charge is 0.448 e. The predicted octanol–water partition coefficient (Wildman–Crippen LogP) is -0.310. The van der Waals surface area contributed by atoms with Crippen LogP contribution < -0.4 is 11.1 Å². The van der Waals surface area contributed by atoms with Crippen LogP contribution in [0.25, 0.3) is 0 Å². The van der Waals surface area contributed by atoms with Gasteiger partial charge in [0.15, 0.2) is 5.60 Å². The van der Waals surface area contributed by atoms with Gasteiger partial charge in [-0.15, -0.1) is 0 Å². The highest BCUT2D eigenvalue weighted by Gasteiger charge is 2.45. The lowest BCUT2D eigenvalue weighted by atomic mass is 10.0. The number of rotatable bonds is 3. The molecule has 0 bridgehead atoms. The highest BCUT2D eigenvalue weighted by molar-refractivity contribution is 5.88. The molecule has 84 valence electrons. The third kappa shape index (κ3) is 1.84. The summed E-state index contributed by atoms with van der Waals surface area (Å²) in [7, 11) is 0. The fourth-order valence-corrected chi connectivity index (χ4v) is 2.10. The first-order valence-corrected chi connectivity index (χ1v) is 5.40. The van der Waals surface area contributed by atoms with Crippen LogP contribution in [0.2, 0.25) is 0 Å². The normalized spacial score (nSPS) is 28.1. The molecule has 1 aliphatic heterocycles. The quantitative estimate of drug-likeness (QED) is 0.629. The first-order chi connectivity index (χ1) is 7.14. The van der Waals surface area contributed by atoms with Crippen LogP contribution in [0.4, 0.5) is 0 Å². The summed E-state index contributed by atoms with van der Waals surface area (Å²) in [5.41, 5.74) is 4.28. The van der Waals surface area contributed by atoms with E-state index in [0.29, 0.717) is 12.8 Å². The van der Waals surface area contributed by atoms with E-state index in [9.17, 15) is 9.59 Å². The van der Waals surface area contributed by atoms with Gasteiger partial charge < -0.3 is 15.8 Å². The van der Waals surface area contributed by atoms with Gasteiger partial charge in [0.1, 0.15) is 6.04 Å². The summed E-state index contributed by atoms with van der Waals surface area (Å²) in [5.74, 6) is -0.838. The van der Waals surface area contributed by atoms with Crippen LogP contribution in [0.5, 0.6) is 0 Å². The lowest BCUT2D eigenvalue weighted by Gasteiger charge is -2.31. The Morgan fingerprint density at radius 1 is 1.33 bits per heavy atom. The van der Waals surface area contributed by atoms with Crippen molar-refractivity contribution in [2.75, 3.05) is 6.54 Å². The molecule has 2 rings (SSSR count). The Bertz CT molecular complexity index is 280. The third-order valence-corrected chi connectivity index (χ3v) is 3.26. The van der Waals surface area contributed by atoms with Crippen LogP contribution in [0, 0.1) is 0 Å². The van der Waals surface area contributed by atoms with Crippen LogP contribution in [-0.2, 0) is 14.3 Å². The van der Waals surface area contributed by atoms with Crippen LogP contribution in [0.1, 0.15) is 32.1 Å². The molecule has 2 fully saturated rings. The van der Waals surface area contributed by atoms with E-state index < -0.39 is 11.5 Å². The molecule has 1 atom stereocenters. The van der Waals surface area contributed by atoms with Crippen molar-refractivity contribution in [3.63, 3.8) is 0 Å². The fraction of sp³-hybridized carbons (Fsp3) is 0.800. The summed E-state index contributed by atoms with van der Waals surface area (Å²) in [6.07, 6.45) is 3.72. The number of carbonyl (C=O) groups is 2. The number of hydrogen-bond donors (Lipinski definition) is 2.